The second-order valence-corrected chi connectivity index (χ2v) is 4.94. The summed E-state index contributed by atoms with van der Waals surface area (Å²) in [7, 11) is 3.56. The fourth-order valence-corrected chi connectivity index (χ4v) is 2.41. The molecular weight excluding hydrogens is 281 g/mol. The molecule has 0 fully saturated rings. The molecule has 100 valence electrons. The van der Waals surface area contributed by atoms with Crippen LogP contribution >= 0.6 is 23.2 Å². The molecule has 0 saturated heterocycles. The van der Waals surface area contributed by atoms with Crippen molar-refractivity contribution in [3.63, 3.8) is 0 Å². The third-order valence-corrected chi connectivity index (χ3v) is 3.74. The highest BCUT2D eigenvalue weighted by molar-refractivity contribution is 6.43. The lowest BCUT2D eigenvalue weighted by Crippen LogP contribution is -2.06. The third-order valence-electron chi connectivity index (χ3n) is 2.92. The molecule has 0 bridgehead atoms. The molecule has 0 spiro atoms. The molecule has 2 nitrogen and oxygen atoms in total. The van der Waals surface area contributed by atoms with Crippen LogP contribution in [0.1, 0.15) is 5.56 Å². The Balaban J connectivity index is 2.57. The van der Waals surface area contributed by atoms with Gasteiger partial charge in [0.25, 0.3) is 0 Å². The van der Waals surface area contributed by atoms with Crippen molar-refractivity contribution in [1.29, 1.82) is 0 Å². The molecule has 0 aromatic heterocycles. The van der Waals surface area contributed by atoms with Crippen molar-refractivity contribution in [1.82, 2.24) is 5.32 Å². The number of benzene rings is 2. The normalized spacial score (nSPS) is 10.5. The van der Waals surface area contributed by atoms with E-state index in [0.29, 0.717) is 10.0 Å². The monoisotopic (exact) mass is 295 g/mol. The molecule has 0 heterocycles. The fourth-order valence-electron chi connectivity index (χ4n) is 2.01. The summed E-state index contributed by atoms with van der Waals surface area (Å²) in [5, 5.41) is 4.28. The average molecular weight is 296 g/mol. The van der Waals surface area contributed by atoms with Crippen LogP contribution in [0, 0.1) is 0 Å². The van der Waals surface area contributed by atoms with Crippen molar-refractivity contribution < 1.29 is 4.74 Å². The molecule has 0 aliphatic carbocycles. The van der Waals surface area contributed by atoms with Crippen molar-refractivity contribution in [2.24, 2.45) is 0 Å². The number of halogens is 2. The predicted octanol–water partition coefficient (Wildman–Crippen LogP) is 4.39. The van der Waals surface area contributed by atoms with Crippen molar-refractivity contribution in [2.75, 3.05) is 14.2 Å². The summed E-state index contributed by atoms with van der Waals surface area (Å²) in [6.07, 6.45) is 0. The Hall–Kier alpha value is -1.22. The minimum atomic E-state index is 0.561. The number of nitrogens with one attached hydrogen (secondary N) is 1. The van der Waals surface area contributed by atoms with Crippen LogP contribution in [0.25, 0.3) is 11.1 Å². The van der Waals surface area contributed by atoms with Crippen LogP contribution in [0.5, 0.6) is 5.75 Å². The summed E-state index contributed by atoms with van der Waals surface area (Å²) in [5.74, 6) is 0.826. The summed E-state index contributed by atoms with van der Waals surface area (Å²) in [6, 6.07) is 11.6. The summed E-state index contributed by atoms with van der Waals surface area (Å²) < 4.78 is 5.26. The summed E-state index contributed by atoms with van der Waals surface area (Å²) in [6.45, 7) is 0.732. The van der Waals surface area contributed by atoms with E-state index in [1.807, 2.05) is 37.4 Å². The van der Waals surface area contributed by atoms with Gasteiger partial charge < -0.3 is 10.1 Å². The Morgan fingerprint density at radius 3 is 2.58 bits per heavy atom. The quantitative estimate of drug-likeness (QED) is 0.903. The Morgan fingerprint density at radius 1 is 1.11 bits per heavy atom. The largest absolute Gasteiger partial charge is 0.497 e. The Labute approximate surface area is 123 Å². The molecule has 2 rings (SSSR count). The van der Waals surface area contributed by atoms with Gasteiger partial charge in [0, 0.05) is 12.1 Å². The lowest BCUT2D eigenvalue weighted by molar-refractivity contribution is 0.414. The first-order valence-corrected chi connectivity index (χ1v) is 6.69. The van der Waals surface area contributed by atoms with E-state index in [4.69, 9.17) is 27.9 Å². The summed E-state index contributed by atoms with van der Waals surface area (Å²) in [4.78, 5) is 0. The van der Waals surface area contributed by atoms with Crippen LogP contribution < -0.4 is 10.1 Å². The van der Waals surface area contributed by atoms with Gasteiger partial charge in [0.05, 0.1) is 17.2 Å². The van der Waals surface area contributed by atoms with Crippen molar-refractivity contribution in [2.45, 2.75) is 6.54 Å². The van der Waals surface area contributed by atoms with Crippen molar-refractivity contribution in [3.05, 3.63) is 52.0 Å². The highest BCUT2D eigenvalue weighted by Gasteiger charge is 2.11. The molecule has 0 amide bonds. The molecule has 1 N–H and O–H groups in total. The van der Waals surface area contributed by atoms with Gasteiger partial charge in [0.2, 0.25) is 0 Å². The van der Waals surface area contributed by atoms with Gasteiger partial charge in [-0.2, -0.15) is 0 Å². The van der Waals surface area contributed by atoms with Crippen LogP contribution in [0.4, 0.5) is 0 Å². The topological polar surface area (TPSA) is 21.3 Å². The first-order valence-electron chi connectivity index (χ1n) is 5.93. The smallest absolute Gasteiger partial charge is 0.119 e. The van der Waals surface area contributed by atoms with Gasteiger partial charge in [-0.05, 0) is 36.4 Å². The molecule has 0 saturated carbocycles. The SMILES string of the molecule is CNCc1cc(OC)ccc1-c1cccc(Cl)c1Cl. The zero-order valence-corrected chi connectivity index (χ0v) is 12.3. The molecule has 4 heteroatoms. The molecule has 2 aromatic rings. The van der Waals surface area contributed by atoms with Gasteiger partial charge >= 0.3 is 0 Å². The molecule has 0 unspecified atom stereocenters. The van der Waals surface area contributed by atoms with Gasteiger partial charge in [-0.15, -0.1) is 0 Å². The Morgan fingerprint density at radius 2 is 1.89 bits per heavy atom. The van der Waals surface area contributed by atoms with E-state index in [1.54, 1.807) is 13.2 Å². The summed E-state index contributed by atoms with van der Waals surface area (Å²) >= 11 is 12.4. The molecule has 0 atom stereocenters. The molecule has 0 aliphatic heterocycles. The van der Waals surface area contributed by atoms with E-state index in [9.17, 15) is 0 Å². The first-order chi connectivity index (χ1) is 9.17. The predicted molar refractivity (Wildman–Crippen MR) is 81.2 cm³/mol. The van der Waals surface area contributed by atoms with Crippen LogP contribution in [0.2, 0.25) is 10.0 Å². The van der Waals surface area contributed by atoms with Crippen LogP contribution in [0.15, 0.2) is 36.4 Å². The average Bonchev–Trinajstić information content (AvgIpc) is 2.42. The second kappa shape index (κ2) is 6.29. The lowest BCUT2D eigenvalue weighted by Gasteiger charge is -2.13. The minimum Gasteiger partial charge on any atom is -0.497 e. The van der Waals surface area contributed by atoms with Crippen LogP contribution in [-0.2, 0) is 6.54 Å². The fraction of sp³-hybridized carbons (Fsp3) is 0.200. The highest BCUT2D eigenvalue weighted by atomic mass is 35.5. The zero-order valence-electron chi connectivity index (χ0n) is 10.8. The van der Waals surface area contributed by atoms with E-state index >= 15 is 0 Å². The lowest BCUT2D eigenvalue weighted by atomic mass is 9.99. The zero-order chi connectivity index (χ0) is 13.8. The standard InChI is InChI=1S/C15H15Cl2NO/c1-18-9-10-8-11(19-2)6-7-12(10)13-4-3-5-14(16)15(13)17/h3-8,18H,9H2,1-2H3. The maximum absolute atomic E-state index is 6.29. The Kier molecular flexibility index (Phi) is 4.70. The minimum absolute atomic E-state index is 0.561. The molecule has 2 aromatic carbocycles. The van der Waals surface area contributed by atoms with Crippen LogP contribution in [-0.4, -0.2) is 14.2 Å². The molecule has 0 radical (unpaired) electrons. The van der Waals surface area contributed by atoms with Gasteiger partial charge in [-0.1, -0.05) is 41.4 Å². The van der Waals surface area contributed by atoms with Crippen LogP contribution in [0.3, 0.4) is 0 Å². The highest BCUT2D eigenvalue weighted by Crippen LogP contribution is 2.36. The Bertz CT molecular complexity index is 584. The van der Waals surface area contributed by atoms with E-state index < -0.39 is 0 Å². The van der Waals surface area contributed by atoms with E-state index in [1.165, 1.54) is 0 Å². The number of methoxy groups -OCH3 is 1. The number of rotatable bonds is 4. The van der Waals surface area contributed by atoms with E-state index in [0.717, 1.165) is 29.0 Å². The van der Waals surface area contributed by atoms with E-state index in [2.05, 4.69) is 5.32 Å². The van der Waals surface area contributed by atoms with Gasteiger partial charge in [0.1, 0.15) is 5.75 Å². The molecule has 0 aliphatic rings. The maximum Gasteiger partial charge on any atom is 0.119 e. The van der Waals surface area contributed by atoms with Gasteiger partial charge in [-0.25, -0.2) is 0 Å². The molecular formula is C15H15Cl2NO. The maximum atomic E-state index is 6.29. The van der Waals surface area contributed by atoms with E-state index in [-0.39, 0.29) is 0 Å². The van der Waals surface area contributed by atoms with Crippen molar-refractivity contribution in [3.8, 4) is 16.9 Å². The third kappa shape index (κ3) is 3.03. The first kappa shape index (κ1) is 14.2. The number of hydrogen-bond acceptors (Lipinski definition) is 2. The number of ether oxygens (including phenoxy) is 1. The number of hydrogen-bond donors (Lipinski definition) is 1. The second-order valence-electron chi connectivity index (χ2n) is 4.15. The van der Waals surface area contributed by atoms with Gasteiger partial charge in [0.15, 0.2) is 0 Å². The summed E-state index contributed by atoms with van der Waals surface area (Å²) in [5.41, 5.74) is 3.11. The van der Waals surface area contributed by atoms with Crippen molar-refractivity contribution >= 4 is 23.2 Å². The van der Waals surface area contributed by atoms with Gasteiger partial charge in [-0.3, -0.25) is 0 Å². The molecule has 19 heavy (non-hydrogen) atoms.